The Labute approximate surface area is 87.7 Å². The average Bonchev–Trinajstić information content (AvgIpc) is 2.24. The van der Waals surface area contributed by atoms with E-state index in [2.05, 4.69) is 10.6 Å². The largest absolute Gasteiger partial charge is 0.354 e. The third kappa shape index (κ3) is 4.96. The smallest absolute Gasteiger partial charge is 0.323 e. The van der Waals surface area contributed by atoms with E-state index < -0.39 is 17.9 Å². The van der Waals surface area contributed by atoms with Crippen molar-refractivity contribution in [2.45, 2.75) is 26.3 Å². The van der Waals surface area contributed by atoms with Gasteiger partial charge in [-0.05, 0) is 13.3 Å². The summed E-state index contributed by atoms with van der Waals surface area (Å²) in [6.07, 6.45) is 0.801. The van der Waals surface area contributed by atoms with Crippen molar-refractivity contribution in [2.75, 3.05) is 6.54 Å². The highest BCUT2D eigenvalue weighted by Crippen LogP contribution is 1.83. The molecule has 0 saturated heterocycles. The molecule has 0 spiro atoms. The molecule has 1 unspecified atom stereocenters. The Balaban J connectivity index is 4.01. The second-order valence-corrected chi connectivity index (χ2v) is 2.96. The van der Waals surface area contributed by atoms with Crippen molar-refractivity contribution in [1.29, 1.82) is 0 Å². The number of carbonyl (C=O) groups is 3. The van der Waals surface area contributed by atoms with Gasteiger partial charge in [-0.25, -0.2) is 5.84 Å². The maximum atomic E-state index is 11.3. The summed E-state index contributed by atoms with van der Waals surface area (Å²) in [7, 11) is 0. The van der Waals surface area contributed by atoms with E-state index in [0.717, 1.165) is 6.42 Å². The maximum Gasteiger partial charge on any atom is 0.323 e. The van der Waals surface area contributed by atoms with Crippen LogP contribution in [0.25, 0.3) is 0 Å². The summed E-state index contributed by atoms with van der Waals surface area (Å²) in [5.41, 5.74) is 1.67. The first-order chi connectivity index (χ1) is 7.02. The molecule has 0 fully saturated rings. The second kappa shape index (κ2) is 6.77. The molecular weight excluding hydrogens is 200 g/mol. The van der Waals surface area contributed by atoms with Gasteiger partial charge in [0.25, 0.3) is 0 Å². The lowest BCUT2D eigenvalue weighted by molar-refractivity contribution is -0.140. The molecule has 1 atom stereocenters. The van der Waals surface area contributed by atoms with E-state index in [1.807, 2.05) is 6.92 Å². The summed E-state index contributed by atoms with van der Waals surface area (Å²) in [6.45, 7) is 3.92. The van der Waals surface area contributed by atoms with E-state index in [9.17, 15) is 14.4 Å². The maximum absolute atomic E-state index is 11.3. The standard InChI is InChI=1S/C8H16N4O3/c1-3-4-10-6(13)5(2)11-7(14)8(15)12-9/h5H,3-4,9H2,1-2H3,(H,10,13)(H,11,14)(H,12,15). The van der Waals surface area contributed by atoms with Crippen LogP contribution in [0.3, 0.4) is 0 Å². The van der Waals surface area contributed by atoms with Crippen LogP contribution in [0, 0.1) is 0 Å². The van der Waals surface area contributed by atoms with Crippen LogP contribution in [-0.2, 0) is 14.4 Å². The molecule has 5 N–H and O–H groups in total. The summed E-state index contributed by atoms with van der Waals surface area (Å²) in [6, 6.07) is -0.763. The van der Waals surface area contributed by atoms with Gasteiger partial charge in [-0.3, -0.25) is 19.8 Å². The van der Waals surface area contributed by atoms with Gasteiger partial charge in [-0.2, -0.15) is 0 Å². The Morgan fingerprint density at radius 1 is 1.27 bits per heavy atom. The van der Waals surface area contributed by atoms with Crippen molar-refractivity contribution < 1.29 is 14.4 Å². The quantitative estimate of drug-likeness (QED) is 0.188. The molecule has 7 nitrogen and oxygen atoms in total. The number of hydrogen-bond acceptors (Lipinski definition) is 4. The van der Waals surface area contributed by atoms with Gasteiger partial charge in [0, 0.05) is 6.54 Å². The zero-order valence-corrected chi connectivity index (χ0v) is 8.79. The van der Waals surface area contributed by atoms with Gasteiger partial charge < -0.3 is 10.6 Å². The molecule has 86 valence electrons. The molecule has 0 saturated carbocycles. The molecule has 0 aliphatic rings. The Morgan fingerprint density at radius 2 is 1.87 bits per heavy atom. The normalized spacial score (nSPS) is 11.4. The number of rotatable bonds is 4. The molecule has 0 heterocycles. The van der Waals surface area contributed by atoms with E-state index in [1.165, 1.54) is 6.92 Å². The van der Waals surface area contributed by atoms with Crippen molar-refractivity contribution in [1.82, 2.24) is 16.1 Å². The summed E-state index contributed by atoms with van der Waals surface area (Å²) in [5, 5.41) is 4.77. The number of nitrogens with two attached hydrogens (primary N) is 1. The SMILES string of the molecule is CCCNC(=O)C(C)NC(=O)C(=O)NN. The van der Waals surface area contributed by atoms with E-state index >= 15 is 0 Å². The fourth-order valence-corrected chi connectivity index (χ4v) is 0.795. The minimum absolute atomic E-state index is 0.338. The lowest BCUT2D eigenvalue weighted by Gasteiger charge is -2.12. The zero-order valence-electron chi connectivity index (χ0n) is 8.79. The van der Waals surface area contributed by atoms with Crippen LogP contribution >= 0.6 is 0 Å². The van der Waals surface area contributed by atoms with Gasteiger partial charge in [0.2, 0.25) is 5.91 Å². The second-order valence-electron chi connectivity index (χ2n) is 2.96. The zero-order chi connectivity index (χ0) is 11.8. The van der Waals surface area contributed by atoms with E-state index in [4.69, 9.17) is 5.84 Å². The van der Waals surface area contributed by atoms with Crippen LogP contribution in [0.1, 0.15) is 20.3 Å². The van der Waals surface area contributed by atoms with Crippen LogP contribution in [0.5, 0.6) is 0 Å². The van der Waals surface area contributed by atoms with Gasteiger partial charge in [-0.1, -0.05) is 6.92 Å². The third-order valence-electron chi connectivity index (χ3n) is 1.63. The highest BCUT2D eigenvalue weighted by Gasteiger charge is 2.18. The van der Waals surface area contributed by atoms with Gasteiger partial charge >= 0.3 is 11.8 Å². The topological polar surface area (TPSA) is 113 Å². The van der Waals surface area contributed by atoms with Gasteiger partial charge in [0.1, 0.15) is 6.04 Å². The van der Waals surface area contributed by atoms with Crippen LogP contribution in [0.4, 0.5) is 0 Å². The summed E-state index contributed by atoms with van der Waals surface area (Å²) in [5.74, 6) is 2.49. The van der Waals surface area contributed by atoms with Crippen molar-refractivity contribution in [3.05, 3.63) is 0 Å². The number of carbonyl (C=O) groups excluding carboxylic acids is 3. The van der Waals surface area contributed by atoms with Crippen molar-refractivity contribution >= 4 is 17.7 Å². The molecule has 0 aromatic heterocycles. The molecule has 0 radical (unpaired) electrons. The van der Waals surface area contributed by atoms with Crippen LogP contribution in [0.2, 0.25) is 0 Å². The Kier molecular flexibility index (Phi) is 6.03. The number of hydrogen-bond donors (Lipinski definition) is 4. The number of amides is 3. The molecule has 3 amide bonds. The molecule has 15 heavy (non-hydrogen) atoms. The molecule has 7 heteroatoms. The van der Waals surface area contributed by atoms with Crippen molar-refractivity contribution in [3.63, 3.8) is 0 Å². The van der Waals surface area contributed by atoms with Gasteiger partial charge in [0.15, 0.2) is 0 Å². The molecular formula is C8H16N4O3. The summed E-state index contributed by atoms with van der Waals surface area (Å²) < 4.78 is 0. The minimum Gasteiger partial charge on any atom is -0.354 e. The first kappa shape index (κ1) is 13.4. The minimum atomic E-state index is -0.981. The van der Waals surface area contributed by atoms with Gasteiger partial charge in [0.05, 0.1) is 0 Å². The molecule has 0 aliphatic heterocycles. The summed E-state index contributed by atoms with van der Waals surface area (Å²) >= 11 is 0. The summed E-state index contributed by atoms with van der Waals surface area (Å²) in [4.78, 5) is 32.9. The first-order valence-electron chi connectivity index (χ1n) is 4.62. The fraction of sp³-hybridized carbons (Fsp3) is 0.625. The predicted molar refractivity (Wildman–Crippen MR) is 53.2 cm³/mol. The Hall–Kier alpha value is -1.63. The van der Waals surface area contributed by atoms with E-state index in [0.29, 0.717) is 6.54 Å². The fourth-order valence-electron chi connectivity index (χ4n) is 0.795. The Morgan fingerprint density at radius 3 is 2.33 bits per heavy atom. The lowest BCUT2D eigenvalue weighted by Crippen LogP contribution is -2.50. The van der Waals surface area contributed by atoms with Crippen LogP contribution < -0.4 is 21.9 Å². The molecule has 0 rings (SSSR count). The van der Waals surface area contributed by atoms with E-state index in [1.54, 1.807) is 5.43 Å². The molecule has 0 aliphatic carbocycles. The lowest BCUT2D eigenvalue weighted by atomic mass is 10.3. The van der Waals surface area contributed by atoms with Crippen molar-refractivity contribution in [3.8, 4) is 0 Å². The third-order valence-corrected chi connectivity index (χ3v) is 1.63. The van der Waals surface area contributed by atoms with Gasteiger partial charge in [-0.15, -0.1) is 0 Å². The highest BCUT2D eigenvalue weighted by atomic mass is 16.2. The van der Waals surface area contributed by atoms with Crippen LogP contribution in [0.15, 0.2) is 0 Å². The number of nitrogens with one attached hydrogen (secondary N) is 3. The van der Waals surface area contributed by atoms with Crippen molar-refractivity contribution in [2.24, 2.45) is 5.84 Å². The molecule has 0 aromatic carbocycles. The number of hydrazine groups is 1. The molecule has 0 aromatic rings. The van der Waals surface area contributed by atoms with Crippen LogP contribution in [-0.4, -0.2) is 30.3 Å². The monoisotopic (exact) mass is 216 g/mol. The average molecular weight is 216 g/mol. The Bertz CT molecular complexity index is 254. The predicted octanol–water partition coefficient (Wildman–Crippen LogP) is -1.99. The molecule has 0 bridgehead atoms. The van der Waals surface area contributed by atoms with E-state index in [-0.39, 0.29) is 5.91 Å². The first-order valence-corrected chi connectivity index (χ1v) is 4.62. The highest BCUT2D eigenvalue weighted by molar-refractivity contribution is 6.35.